The smallest absolute Gasteiger partial charge is 0.151 e. The zero-order valence-electron chi connectivity index (χ0n) is 11.7. The monoisotopic (exact) mass is 272 g/mol. The summed E-state index contributed by atoms with van der Waals surface area (Å²) in [7, 11) is 1.68. The third kappa shape index (κ3) is 2.49. The van der Waals surface area contributed by atoms with Crippen LogP contribution in [0, 0.1) is 0 Å². The third-order valence-corrected chi connectivity index (χ3v) is 3.74. The van der Waals surface area contributed by atoms with Crippen LogP contribution in [0.5, 0.6) is 5.75 Å². The number of methoxy groups -OCH3 is 1. The van der Waals surface area contributed by atoms with E-state index in [1.165, 1.54) is 0 Å². The predicted octanol–water partition coefficient (Wildman–Crippen LogP) is 2.01. The Bertz CT molecular complexity index is 581. The molecule has 5 heteroatoms. The lowest BCUT2D eigenvalue weighted by Gasteiger charge is -2.30. The molecule has 0 spiro atoms. The third-order valence-electron chi connectivity index (χ3n) is 3.74. The van der Waals surface area contributed by atoms with E-state index in [9.17, 15) is 0 Å². The number of nitrogens with zero attached hydrogens (tertiary/aromatic N) is 2. The van der Waals surface area contributed by atoms with Gasteiger partial charge in [0.15, 0.2) is 5.82 Å². The van der Waals surface area contributed by atoms with Gasteiger partial charge >= 0.3 is 0 Å². The Morgan fingerprint density at radius 1 is 1.40 bits per heavy atom. The minimum Gasteiger partial charge on any atom is -0.496 e. The number of piperidine rings is 1. The van der Waals surface area contributed by atoms with E-state index in [0.717, 1.165) is 48.8 Å². The molecule has 2 aromatic rings. The Hall–Kier alpha value is -2.01. The summed E-state index contributed by atoms with van der Waals surface area (Å²) in [4.78, 5) is 2.24. The molecule has 1 aliphatic rings. The van der Waals surface area contributed by atoms with Crippen molar-refractivity contribution in [3.05, 3.63) is 30.3 Å². The van der Waals surface area contributed by atoms with Crippen molar-refractivity contribution in [2.75, 3.05) is 25.1 Å². The second-order valence-electron chi connectivity index (χ2n) is 5.19. The van der Waals surface area contributed by atoms with Gasteiger partial charge in [0.2, 0.25) is 0 Å². The predicted molar refractivity (Wildman–Crippen MR) is 80.0 cm³/mol. The van der Waals surface area contributed by atoms with Gasteiger partial charge in [-0.25, -0.2) is 0 Å². The number of nitrogens with two attached hydrogens (primary N) is 1. The number of ether oxygens (including phenoxy) is 1. The Morgan fingerprint density at radius 2 is 2.25 bits per heavy atom. The SMILES string of the molecule is COc1ccccc1-c1cc(N2CCCC(N)C2)n[nH]1. The summed E-state index contributed by atoms with van der Waals surface area (Å²) in [5.74, 6) is 1.80. The number of hydrogen-bond donors (Lipinski definition) is 2. The lowest BCUT2D eigenvalue weighted by Crippen LogP contribution is -2.43. The van der Waals surface area contributed by atoms with Crippen molar-refractivity contribution in [1.82, 2.24) is 10.2 Å². The second-order valence-corrected chi connectivity index (χ2v) is 5.19. The van der Waals surface area contributed by atoms with Gasteiger partial charge in [0, 0.05) is 30.8 Å². The molecular weight excluding hydrogens is 252 g/mol. The maximum absolute atomic E-state index is 6.03. The summed E-state index contributed by atoms with van der Waals surface area (Å²) < 4.78 is 5.39. The van der Waals surface area contributed by atoms with Crippen molar-refractivity contribution in [1.29, 1.82) is 0 Å². The van der Waals surface area contributed by atoms with Crippen LogP contribution in [-0.4, -0.2) is 36.4 Å². The molecule has 106 valence electrons. The second kappa shape index (κ2) is 5.54. The zero-order valence-corrected chi connectivity index (χ0v) is 11.7. The van der Waals surface area contributed by atoms with Gasteiger partial charge in [0.05, 0.1) is 12.8 Å². The number of hydrogen-bond acceptors (Lipinski definition) is 4. The number of benzene rings is 1. The molecule has 5 nitrogen and oxygen atoms in total. The molecule has 1 unspecified atom stereocenters. The first-order valence-corrected chi connectivity index (χ1v) is 6.97. The van der Waals surface area contributed by atoms with Crippen LogP contribution < -0.4 is 15.4 Å². The number of para-hydroxylation sites is 1. The molecule has 0 aliphatic carbocycles. The van der Waals surface area contributed by atoms with Gasteiger partial charge in [0.25, 0.3) is 0 Å². The highest BCUT2D eigenvalue weighted by atomic mass is 16.5. The quantitative estimate of drug-likeness (QED) is 0.897. The number of anilines is 1. The first-order valence-electron chi connectivity index (χ1n) is 6.97. The zero-order chi connectivity index (χ0) is 13.9. The van der Waals surface area contributed by atoms with Crippen LogP contribution in [0.3, 0.4) is 0 Å². The molecule has 1 aromatic carbocycles. The summed E-state index contributed by atoms with van der Waals surface area (Å²) in [6.45, 7) is 1.89. The number of nitrogens with one attached hydrogen (secondary N) is 1. The molecule has 2 heterocycles. The molecule has 0 saturated carbocycles. The maximum atomic E-state index is 6.03. The molecule has 1 aromatic heterocycles. The van der Waals surface area contributed by atoms with Crippen LogP contribution in [0.25, 0.3) is 11.3 Å². The Labute approximate surface area is 118 Å². The van der Waals surface area contributed by atoms with E-state index in [1.807, 2.05) is 24.3 Å². The normalized spacial score (nSPS) is 19.1. The molecule has 20 heavy (non-hydrogen) atoms. The standard InChI is InChI=1S/C15H20N4O/c1-20-14-7-3-2-6-12(14)13-9-15(18-17-13)19-8-4-5-11(16)10-19/h2-3,6-7,9,11H,4-5,8,10,16H2,1H3,(H,17,18). The Morgan fingerprint density at radius 3 is 3.05 bits per heavy atom. The molecule has 3 N–H and O–H groups in total. The fourth-order valence-electron chi connectivity index (χ4n) is 2.70. The number of aromatic nitrogens is 2. The van der Waals surface area contributed by atoms with E-state index < -0.39 is 0 Å². The van der Waals surface area contributed by atoms with Gasteiger partial charge in [-0.1, -0.05) is 12.1 Å². The minimum absolute atomic E-state index is 0.246. The van der Waals surface area contributed by atoms with Gasteiger partial charge in [-0.05, 0) is 25.0 Å². The minimum atomic E-state index is 0.246. The largest absolute Gasteiger partial charge is 0.496 e. The van der Waals surface area contributed by atoms with Gasteiger partial charge < -0.3 is 15.4 Å². The molecular formula is C15H20N4O. The highest BCUT2D eigenvalue weighted by molar-refractivity contribution is 5.69. The van der Waals surface area contributed by atoms with Crippen molar-refractivity contribution in [2.24, 2.45) is 5.73 Å². The molecule has 0 bridgehead atoms. The molecule has 0 radical (unpaired) electrons. The maximum Gasteiger partial charge on any atom is 0.151 e. The fraction of sp³-hybridized carbons (Fsp3) is 0.400. The van der Waals surface area contributed by atoms with Crippen LogP contribution in [0.4, 0.5) is 5.82 Å². The summed E-state index contributed by atoms with van der Waals surface area (Å²) in [5.41, 5.74) is 8.02. The lowest BCUT2D eigenvalue weighted by atomic mass is 10.1. The first kappa shape index (κ1) is 13.0. The summed E-state index contributed by atoms with van der Waals surface area (Å²) >= 11 is 0. The molecule has 0 amide bonds. The topological polar surface area (TPSA) is 67.2 Å². The van der Waals surface area contributed by atoms with E-state index in [-0.39, 0.29) is 6.04 Å². The number of aromatic amines is 1. The van der Waals surface area contributed by atoms with Crippen molar-refractivity contribution in [3.8, 4) is 17.0 Å². The number of H-pyrrole nitrogens is 1. The fourth-order valence-corrected chi connectivity index (χ4v) is 2.70. The Balaban J connectivity index is 1.86. The van der Waals surface area contributed by atoms with Crippen LogP contribution in [0.2, 0.25) is 0 Å². The van der Waals surface area contributed by atoms with E-state index >= 15 is 0 Å². The summed E-state index contributed by atoms with van der Waals surface area (Å²) in [6, 6.07) is 10.2. The van der Waals surface area contributed by atoms with Crippen molar-refractivity contribution in [3.63, 3.8) is 0 Å². The van der Waals surface area contributed by atoms with Crippen LogP contribution >= 0.6 is 0 Å². The Kier molecular flexibility index (Phi) is 3.60. The van der Waals surface area contributed by atoms with E-state index in [4.69, 9.17) is 10.5 Å². The molecule has 1 atom stereocenters. The lowest BCUT2D eigenvalue weighted by molar-refractivity contribution is 0.416. The molecule has 3 rings (SSSR count). The van der Waals surface area contributed by atoms with E-state index in [1.54, 1.807) is 7.11 Å². The molecule has 1 fully saturated rings. The molecule has 1 aliphatic heterocycles. The van der Waals surface area contributed by atoms with Gasteiger partial charge in [-0.2, -0.15) is 5.10 Å². The van der Waals surface area contributed by atoms with Gasteiger partial charge in [-0.15, -0.1) is 0 Å². The van der Waals surface area contributed by atoms with E-state index in [0.29, 0.717) is 0 Å². The van der Waals surface area contributed by atoms with Crippen LogP contribution in [0.1, 0.15) is 12.8 Å². The summed E-state index contributed by atoms with van der Waals surface area (Å²) in [5, 5.41) is 7.51. The van der Waals surface area contributed by atoms with Crippen molar-refractivity contribution < 1.29 is 4.74 Å². The number of rotatable bonds is 3. The summed E-state index contributed by atoms with van der Waals surface area (Å²) in [6.07, 6.45) is 2.22. The van der Waals surface area contributed by atoms with Gasteiger partial charge in [-0.3, -0.25) is 5.10 Å². The van der Waals surface area contributed by atoms with Crippen molar-refractivity contribution in [2.45, 2.75) is 18.9 Å². The van der Waals surface area contributed by atoms with E-state index in [2.05, 4.69) is 21.2 Å². The first-order chi connectivity index (χ1) is 9.78. The van der Waals surface area contributed by atoms with Crippen molar-refractivity contribution >= 4 is 5.82 Å². The van der Waals surface area contributed by atoms with Crippen LogP contribution in [0.15, 0.2) is 30.3 Å². The highest BCUT2D eigenvalue weighted by Crippen LogP contribution is 2.30. The average molecular weight is 272 g/mol. The average Bonchev–Trinajstić information content (AvgIpc) is 2.97. The highest BCUT2D eigenvalue weighted by Gasteiger charge is 2.19. The molecule has 1 saturated heterocycles. The van der Waals surface area contributed by atoms with Gasteiger partial charge in [0.1, 0.15) is 5.75 Å². The van der Waals surface area contributed by atoms with Crippen LogP contribution in [-0.2, 0) is 0 Å².